The quantitative estimate of drug-likeness (QED) is 0.526. The van der Waals surface area contributed by atoms with Gasteiger partial charge in [-0.05, 0) is 43.2 Å². The molecule has 0 aliphatic rings. The molecule has 0 radical (unpaired) electrons. The average Bonchev–Trinajstić information content (AvgIpc) is 2.95. The summed E-state index contributed by atoms with van der Waals surface area (Å²) in [4.78, 5) is 34.1. The highest BCUT2D eigenvalue weighted by Gasteiger charge is 2.20. The molecule has 0 spiro atoms. The SMILES string of the molecule is Cc1sc2nc(C(C)OC(=O)c3cccc4ccccc34)[nH]c(=O)c2c1C. The average molecular weight is 378 g/mol. The molecule has 27 heavy (non-hydrogen) atoms. The topological polar surface area (TPSA) is 72.0 Å². The summed E-state index contributed by atoms with van der Waals surface area (Å²) in [7, 11) is 0. The second-order valence-electron chi connectivity index (χ2n) is 6.49. The van der Waals surface area contributed by atoms with Crippen molar-refractivity contribution in [2.24, 2.45) is 0 Å². The Bertz CT molecular complexity index is 1230. The zero-order valence-electron chi connectivity index (χ0n) is 15.2. The molecule has 6 heteroatoms. The predicted molar refractivity (Wildman–Crippen MR) is 107 cm³/mol. The Kier molecular flexibility index (Phi) is 4.28. The van der Waals surface area contributed by atoms with Gasteiger partial charge in [0, 0.05) is 4.88 Å². The molecule has 0 saturated heterocycles. The van der Waals surface area contributed by atoms with Crippen molar-refractivity contribution >= 4 is 38.3 Å². The van der Waals surface area contributed by atoms with Crippen LogP contribution in [0.4, 0.5) is 0 Å². The maximum Gasteiger partial charge on any atom is 0.339 e. The number of carbonyl (C=O) groups excluding carboxylic acids is 1. The molecule has 0 amide bonds. The number of thiophene rings is 1. The van der Waals surface area contributed by atoms with E-state index in [-0.39, 0.29) is 5.56 Å². The van der Waals surface area contributed by atoms with E-state index in [2.05, 4.69) is 9.97 Å². The minimum atomic E-state index is -0.670. The number of aromatic nitrogens is 2. The fourth-order valence-electron chi connectivity index (χ4n) is 3.15. The first kappa shape index (κ1) is 17.4. The third kappa shape index (κ3) is 3.02. The Morgan fingerprint density at radius 1 is 1.15 bits per heavy atom. The van der Waals surface area contributed by atoms with E-state index in [0.29, 0.717) is 21.6 Å². The Morgan fingerprint density at radius 2 is 1.89 bits per heavy atom. The van der Waals surface area contributed by atoms with E-state index >= 15 is 0 Å². The number of ether oxygens (including phenoxy) is 1. The molecule has 1 N–H and O–H groups in total. The fourth-order valence-corrected chi connectivity index (χ4v) is 4.18. The van der Waals surface area contributed by atoms with Crippen LogP contribution in [0, 0.1) is 13.8 Å². The lowest BCUT2D eigenvalue weighted by molar-refractivity contribution is 0.0322. The molecule has 2 aromatic heterocycles. The highest BCUT2D eigenvalue weighted by molar-refractivity contribution is 7.18. The summed E-state index contributed by atoms with van der Waals surface area (Å²) in [5.41, 5.74) is 1.23. The number of carbonyl (C=O) groups is 1. The van der Waals surface area contributed by atoms with E-state index in [9.17, 15) is 9.59 Å². The molecular weight excluding hydrogens is 360 g/mol. The lowest BCUT2D eigenvalue weighted by Gasteiger charge is -2.13. The van der Waals surface area contributed by atoms with Crippen molar-refractivity contribution in [2.45, 2.75) is 26.9 Å². The molecular formula is C21H18N2O3S. The maximum absolute atomic E-state index is 12.7. The summed E-state index contributed by atoms with van der Waals surface area (Å²) < 4.78 is 5.60. The van der Waals surface area contributed by atoms with Crippen molar-refractivity contribution in [2.75, 3.05) is 0 Å². The lowest BCUT2D eigenvalue weighted by Crippen LogP contribution is -2.17. The van der Waals surface area contributed by atoms with Crippen LogP contribution in [-0.4, -0.2) is 15.9 Å². The zero-order valence-corrected chi connectivity index (χ0v) is 16.0. The number of fused-ring (bicyclic) bond motifs is 2. The third-order valence-electron chi connectivity index (χ3n) is 4.74. The molecule has 0 aliphatic carbocycles. The number of H-pyrrole nitrogens is 1. The number of esters is 1. The van der Waals surface area contributed by atoms with Gasteiger partial charge in [0.15, 0.2) is 11.9 Å². The minimum Gasteiger partial charge on any atom is -0.451 e. The van der Waals surface area contributed by atoms with Gasteiger partial charge in [0.2, 0.25) is 0 Å². The van der Waals surface area contributed by atoms with Gasteiger partial charge in [-0.3, -0.25) is 4.79 Å². The molecule has 0 bridgehead atoms. The third-order valence-corrected chi connectivity index (χ3v) is 5.84. The first-order valence-corrected chi connectivity index (χ1v) is 9.46. The Morgan fingerprint density at radius 3 is 2.70 bits per heavy atom. The van der Waals surface area contributed by atoms with Crippen molar-refractivity contribution in [1.29, 1.82) is 0 Å². The number of aryl methyl sites for hydroxylation is 2. The van der Waals surface area contributed by atoms with Crippen molar-refractivity contribution in [3.05, 3.63) is 74.6 Å². The van der Waals surface area contributed by atoms with Gasteiger partial charge in [-0.25, -0.2) is 9.78 Å². The zero-order chi connectivity index (χ0) is 19.1. The van der Waals surface area contributed by atoms with Gasteiger partial charge in [0.25, 0.3) is 5.56 Å². The van der Waals surface area contributed by atoms with Gasteiger partial charge < -0.3 is 9.72 Å². The summed E-state index contributed by atoms with van der Waals surface area (Å²) in [6.45, 7) is 5.58. The van der Waals surface area contributed by atoms with E-state index in [0.717, 1.165) is 21.2 Å². The molecule has 1 unspecified atom stereocenters. The smallest absolute Gasteiger partial charge is 0.339 e. The van der Waals surface area contributed by atoms with Gasteiger partial charge in [-0.15, -0.1) is 11.3 Å². The molecule has 0 saturated carbocycles. The van der Waals surface area contributed by atoms with Crippen molar-refractivity contribution in [3.8, 4) is 0 Å². The van der Waals surface area contributed by atoms with Gasteiger partial charge in [0.1, 0.15) is 4.83 Å². The minimum absolute atomic E-state index is 0.204. The molecule has 0 fully saturated rings. The van der Waals surface area contributed by atoms with Crippen molar-refractivity contribution in [3.63, 3.8) is 0 Å². The largest absolute Gasteiger partial charge is 0.451 e. The van der Waals surface area contributed by atoms with E-state index in [1.807, 2.05) is 50.2 Å². The lowest BCUT2D eigenvalue weighted by atomic mass is 10.0. The van der Waals surface area contributed by atoms with Crippen LogP contribution in [0.5, 0.6) is 0 Å². The van der Waals surface area contributed by atoms with E-state index in [4.69, 9.17) is 4.74 Å². The van der Waals surface area contributed by atoms with Gasteiger partial charge in [0.05, 0.1) is 10.9 Å². The predicted octanol–water partition coefficient (Wildman–Crippen LogP) is 4.67. The Hall–Kier alpha value is -2.99. The van der Waals surface area contributed by atoms with Gasteiger partial charge >= 0.3 is 5.97 Å². The second-order valence-corrected chi connectivity index (χ2v) is 7.69. The fraction of sp³-hybridized carbons (Fsp3) is 0.190. The highest BCUT2D eigenvalue weighted by Crippen LogP contribution is 2.27. The number of rotatable bonds is 3. The number of nitrogens with zero attached hydrogens (tertiary/aromatic N) is 1. The molecule has 136 valence electrons. The van der Waals surface area contributed by atoms with Crippen LogP contribution in [0.2, 0.25) is 0 Å². The van der Waals surface area contributed by atoms with Crippen molar-refractivity contribution < 1.29 is 9.53 Å². The van der Waals surface area contributed by atoms with Gasteiger partial charge in [-0.1, -0.05) is 36.4 Å². The van der Waals surface area contributed by atoms with Crippen LogP contribution in [0.3, 0.4) is 0 Å². The molecule has 0 aliphatic heterocycles. The number of benzene rings is 2. The molecule has 1 atom stereocenters. The number of hydrogen-bond donors (Lipinski definition) is 1. The summed E-state index contributed by atoms with van der Waals surface area (Å²) in [6.07, 6.45) is -0.670. The van der Waals surface area contributed by atoms with E-state index < -0.39 is 12.1 Å². The van der Waals surface area contributed by atoms with Crippen LogP contribution in [0.25, 0.3) is 21.0 Å². The molecule has 4 aromatic rings. The molecule has 2 heterocycles. The van der Waals surface area contributed by atoms with Crippen LogP contribution < -0.4 is 5.56 Å². The van der Waals surface area contributed by atoms with Crippen molar-refractivity contribution in [1.82, 2.24) is 9.97 Å². The monoisotopic (exact) mass is 378 g/mol. The summed E-state index contributed by atoms with van der Waals surface area (Å²) in [5, 5.41) is 2.41. The highest BCUT2D eigenvalue weighted by atomic mass is 32.1. The van der Waals surface area contributed by atoms with Crippen LogP contribution in [-0.2, 0) is 4.74 Å². The molecule has 5 nitrogen and oxygen atoms in total. The Labute approximate surface area is 159 Å². The normalized spacial score (nSPS) is 12.4. The standard InChI is InChI=1S/C21H18N2O3S/c1-11-13(3)27-20-17(11)19(24)22-18(23-20)12(2)26-21(25)16-10-6-8-14-7-4-5-9-15(14)16/h4-10,12H,1-3H3,(H,22,23,24). The maximum atomic E-state index is 12.7. The van der Waals surface area contributed by atoms with E-state index in [1.54, 1.807) is 13.0 Å². The molecule has 2 aromatic carbocycles. The van der Waals surface area contributed by atoms with E-state index in [1.165, 1.54) is 11.3 Å². The van der Waals surface area contributed by atoms with Gasteiger partial charge in [-0.2, -0.15) is 0 Å². The first-order chi connectivity index (χ1) is 13.0. The van der Waals surface area contributed by atoms with Crippen LogP contribution in [0.15, 0.2) is 47.3 Å². The van der Waals surface area contributed by atoms with Crippen LogP contribution in [0.1, 0.15) is 39.7 Å². The first-order valence-electron chi connectivity index (χ1n) is 8.64. The number of hydrogen-bond acceptors (Lipinski definition) is 5. The molecule has 4 rings (SSSR count). The van der Waals surface area contributed by atoms with Crippen LogP contribution >= 0.6 is 11.3 Å². The number of aromatic amines is 1. The summed E-state index contributed by atoms with van der Waals surface area (Å²) >= 11 is 1.47. The summed E-state index contributed by atoms with van der Waals surface area (Å²) in [5.74, 6) is -0.0945. The number of nitrogens with one attached hydrogen (secondary N) is 1. The Balaban J connectivity index is 1.67. The second kappa shape index (κ2) is 6.63. The summed E-state index contributed by atoms with van der Waals surface area (Å²) in [6, 6.07) is 13.2.